The fourth-order valence-electron chi connectivity index (χ4n) is 2.86. The highest BCUT2D eigenvalue weighted by Gasteiger charge is 2.27. The molecule has 1 aliphatic rings. The van der Waals surface area contributed by atoms with Crippen molar-refractivity contribution < 1.29 is 23.9 Å². The minimum Gasteiger partial charge on any atom is -0.379 e. The number of ether oxygens (including phenoxy) is 2. The molecule has 1 saturated carbocycles. The molecule has 2 amide bonds. The number of hydrogen-bond acceptors (Lipinski definition) is 5. The molecule has 1 rings (SSSR count). The van der Waals surface area contributed by atoms with Gasteiger partial charge in [-0.1, -0.05) is 20.8 Å². The Kier molecular flexibility index (Phi) is 15.6. The smallest absolute Gasteiger partial charge is 0.223 e. The van der Waals surface area contributed by atoms with Crippen LogP contribution in [0.4, 0.5) is 0 Å². The number of hydrogen-bond donors (Lipinski definition) is 2. The molecule has 0 aliphatic heterocycles. The number of rotatable bonds is 12. The van der Waals surface area contributed by atoms with E-state index < -0.39 is 0 Å². The van der Waals surface area contributed by atoms with Crippen LogP contribution in [0.15, 0.2) is 0 Å². The third kappa shape index (κ3) is 12.8. The maximum Gasteiger partial charge on any atom is 0.223 e. The molecule has 0 unspecified atom stereocenters. The normalized spacial score (nSPS) is 18.8. The summed E-state index contributed by atoms with van der Waals surface area (Å²) in [6.45, 7) is 11.3. The van der Waals surface area contributed by atoms with Crippen LogP contribution < -0.4 is 10.6 Å². The summed E-state index contributed by atoms with van der Waals surface area (Å²) in [4.78, 5) is 35.2. The van der Waals surface area contributed by atoms with Crippen LogP contribution in [0.3, 0.4) is 0 Å². The largest absolute Gasteiger partial charge is 0.379 e. The van der Waals surface area contributed by atoms with E-state index in [-0.39, 0.29) is 42.2 Å². The van der Waals surface area contributed by atoms with Crippen molar-refractivity contribution >= 4 is 17.6 Å². The van der Waals surface area contributed by atoms with Crippen LogP contribution in [0.25, 0.3) is 0 Å². The van der Waals surface area contributed by atoms with E-state index in [0.717, 1.165) is 25.7 Å². The van der Waals surface area contributed by atoms with Gasteiger partial charge in [-0.05, 0) is 39.5 Å². The van der Waals surface area contributed by atoms with E-state index in [0.29, 0.717) is 32.7 Å². The highest BCUT2D eigenvalue weighted by atomic mass is 16.5. The summed E-state index contributed by atoms with van der Waals surface area (Å²) in [6, 6.07) is 0.119. The van der Waals surface area contributed by atoms with Gasteiger partial charge in [0, 0.05) is 24.8 Å². The number of amides is 2. The van der Waals surface area contributed by atoms with Gasteiger partial charge in [0.05, 0.1) is 32.5 Å². The van der Waals surface area contributed by atoms with Crippen LogP contribution >= 0.6 is 0 Å². The Hall–Kier alpha value is -1.47. The minimum atomic E-state index is -0.0582. The summed E-state index contributed by atoms with van der Waals surface area (Å²) >= 11 is 0. The first-order valence-corrected chi connectivity index (χ1v) is 10.7. The van der Waals surface area contributed by atoms with Gasteiger partial charge in [-0.25, -0.2) is 0 Å². The molecular weight excluding hydrogens is 360 g/mol. The van der Waals surface area contributed by atoms with E-state index in [1.807, 2.05) is 27.7 Å². The molecule has 0 aromatic heterocycles. The van der Waals surface area contributed by atoms with Crippen LogP contribution in [0.5, 0.6) is 0 Å². The van der Waals surface area contributed by atoms with Crippen molar-refractivity contribution in [3.8, 4) is 0 Å². The fraction of sp³-hybridized carbons (Fsp3) is 0.857. The first-order chi connectivity index (χ1) is 13.4. The Balaban J connectivity index is 0.00000352. The van der Waals surface area contributed by atoms with E-state index >= 15 is 0 Å². The van der Waals surface area contributed by atoms with E-state index in [9.17, 15) is 14.4 Å². The standard InChI is InChI=1S/C19H34N2O5.C2H6/c1-4-17(22)13-20-19(24)15-5-7-16(8-6-15)21-18(23)9-10-25-11-12-26-14(2)3;1-2/h14-16H,4-13H2,1-3H3,(H,20,24)(H,21,23);1-2H3. The molecule has 0 spiro atoms. The van der Waals surface area contributed by atoms with Gasteiger partial charge in [0.2, 0.25) is 11.8 Å². The zero-order valence-corrected chi connectivity index (χ0v) is 18.3. The van der Waals surface area contributed by atoms with E-state index in [4.69, 9.17) is 9.47 Å². The topological polar surface area (TPSA) is 93.7 Å². The molecule has 0 radical (unpaired) electrons. The summed E-state index contributed by atoms with van der Waals surface area (Å²) in [5.74, 6) is -0.0841. The second-order valence-corrected chi connectivity index (χ2v) is 7.01. The maximum atomic E-state index is 12.0. The van der Waals surface area contributed by atoms with Gasteiger partial charge in [0.1, 0.15) is 0 Å². The molecule has 0 heterocycles. The summed E-state index contributed by atoms with van der Waals surface area (Å²) in [5.41, 5.74) is 0. The Morgan fingerprint density at radius 2 is 1.64 bits per heavy atom. The van der Waals surface area contributed by atoms with Crippen molar-refractivity contribution in [3.05, 3.63) is 0 Å². The molecule has 0 bridgehead atoms. The lowest BCUT2D eigenvalue weighted by Crippen LogP contribution is -2.41. The second kappa shape index (κ2) is 16.5. The van der Waals surface area contributed by atoms with Gasteiger partial charge < -0.3 is 20.1 Å². The molecule has 7 nitrogen and oxygen atoms in total. The van der Waals surface area contributed by atoms with Gasteiger partial charge in [-0.2, -0.15) is 0 Å². The molecule has 0 saturated heterocycles. The molecule has 164 valence electrons. The number of carbonyl (C=O) groups excluding carboxylic acids is 3. The van der Waals surface area contributed by atoms with Crippen LogP contribution in [-0.4, -0.2) is 56.1 Å². The van der Waals surface area contributed by atoms with Crippen molar-refractivity contribution in [3.63, 3.8) is 0 Å². The number of Topliss-reactive ketones (excluding diaryl/α,β-unsaturated/α-hetero) is 1. The average molecular weight is 401 g/mol. The predicted octanol–water partition coefficient (Wildman–Crippen LogP) is 2.61. The van der Waals surface area contributed by atoms with Crippen molar-refractivity contribution in [1.29, 1.82) is 0 Å². The average Bonchev–Trinajstić information content (AvgIpc) is 2.70. The zero-order chi connectivity index (χ0) is 21.4. The zero-order valence-electron chi connectivity index (χ0n) is 18.3. The number of ketones is 1. The maximum absolute atomic E-state index is 12.0. The molecule has 0 atom stereocenters. The van der Waals surface area contributed by atoms with Crippen molar-refractivity contribution in [2.24, 2.45) is 5.92 Å². The van der Waals surface area contributed by atoms with Crippen LogP contribution in [-0.2, 0) is 23.9 Å². The van der Waals surface area contributed by atoms with Crippen LogP contribution in [0, 0.1) is 5.92 Å². The molecular formula is C21H40N2O5. The molecule has 2 N–H and O–H groups in total. The summed E-state index contributed by atoms with van der Waals surface area (Å²) in [5, 5.41) is 5.72. The highest BCUT2D eigenvalue weighted by Crippen LogP contribution is 2.24. The van der Waals surface area contributed by atoms with Gasteiger partial charge in [-0.3, -0.25) is 14.4 Å². The molecule has 7 heteroatoms. The molecule has 1 fully saturated rings. The highest BCUT2D eigenvalue weighted by molar-refractivity contribution is 5.86. The van der Waals surface area contributed by atoms with Crippen LogP contribution in [0.2, 0.25) is 0 Å². The second-order valence-electron chi connectivity index (χ2n) is 7.01. The molecule has 1 aliphatic carbocycles. The molecule has 0 aromatic rings. The van der Waals surface area contributed by atoms with E-state index in [2.05, 4.69) is 10.6 Å². The van der Waals surface area contributed by atoms with Gasteiger partial charge >= 0.3 is 0 Å². The van der Waals surface area contributed by atoms with Gasteiger partial charge in [-0.15, -0.1) is 0 Å². The third-order valence-electron chi connectivity index (χ3n) is 4.47. The predicted molar refractivity (Wildman–Crippen MR) is 110 cm³/mol. The van der Waals surface area contributed by atoms with Crippen molar-refractivity contribution in [2.75, 3.05) is 26.4 Å². The number of nitrogens with one attached hydrogen (secondary N) is 2. The minimum absolute atomic E-state index is 0.0174. The van der Waals surface area contributed by atoms with Crippen LogP contribution in [0.1, 0.15) is 73.1 Å². The SMILES string of the molecule is CC.CCC(=O)CNC(=O)C1CCC(NC(=O)CCOCCOC(C)C)CC1. The first kappa shape index (κ1) is 26.5. The van der Waals surface area contributed by atoms with Crippen molar-refractivity contribution in [1.82, 2.24) is 10.6 Å². The van der Waals surface area contributed by atoms with E-state index in [1.54, 1.807) is 6.92 Å². The molecule has 0 aromatic carbocycles. The Morgan fingerprint density at radius 1 is 1.00 bits per heavy atom. The monoisotopic (exact) mass is 400 g/mol. The summed E-state index contributed by atoms with van der Waals surface area (Å²) in [7, 11) is 0. The Bertz CT molecular complexity index is 446. The lowest BCUT2D eigenvalue weighted by molar-refractivity contribution is -0.128. The summed E-state index contributed by atoms with van der Waals surface area (Å²) < 4.78 is 10.7. The van der Waals surface area contributed by atoms with Gasteiger partial charge in [0.15, 0.2) is 5.78 Å². The lowest BCUT2D eigenvalue weighted by atomic mass is 9.85. The van der Waals surface area contributed by atoms with E-state index in [1.165, 1.54) is 0 Å². The third-order valence-corrected chi connectivity index (χ3v) is 4.47. The molecule has 28 heavy (non-hydrogen) atoms. The quantitative estimate of drug-likeness (QED) is 0.491. The Morgan fingerprint density at radius 3 is 2.21 bits per heavy atom. The fourth-order valence-corrected chi connectivity index (χ4v) is 2.86. The number of carbonyl (C=O) groups is 3. The Labute approximate surface area is 170 Å². The lowest BCUT2D eigenvalue weighted by Gasteiger charge is -2.28. The van der Waals surface area contributed by atoms with Gasteiger partial charge in [0.25, 0.3) is 0 Å². The van der Waals surface area contributed by atoms with Crippen molar-refractivity contribution in [2.45, 2.75) is 85.3 Å². The summed E-state index contributed by atoms with van der Waals surface area (Å²) in [6.07, 6.45) is 4.00. The first-order valence-electron chi connectivity index (χ1n) is 10.7.